The van der Waals surface area contributed by atoms with E-state index >= 15 is 4.39 Å². The number of benzene rings is 2. The third-order valence-electron chi connectivity index (χ3n) is 7.66. The van der Waals surface area contributed by atoms with E-state index in [1.165, 1.54) is 24.5 Å². The quantitative estimate of drug-likeness (QED) is 0.243. The topological polar surface area (TPSA) is 109 Å². The molecular weight excluding hydrogens is 604 g/mol. The van der Waals surface area contributed by atoms with Gasteiger partial charge in [-0.1, -0.05) is 56.1 Å². The second-order valence-electron chi connectivity index (χ2n) is 11.6. The molecule has 2 amide bonds. The molecule has 12 heteroatoms. The molecule has 2 aromatic carbocycles. The highest BCUT2D eigenvalue weighted by Gasteiger charge is 2.67. The predicted molar refractivity (Wildman–Crippen MR) is 163 cm³/mol. The second-order valence-corrected chi connectivity index (χ2v) is 13.7. The minimum atomic E-state index is -1.35. The van der Waals surface area contributed by atoms with E-state index < -0.39 is 35.1 Å². The summed E-state index contributed by atoms with van der Waals surface area (Å²) in [6.07, 6.45) is 0.498. The average Bonchev–Trinajstić information content (AvgIpc) is 3.54. The molecule has 2 aliphatic rings. The first-order chi connectivity index (χ1) is 19.9. The van der Waals surface area contributed by atoms with Gasteiger partial charge in [-0.05, 0) is 41.7 Å². The minimum absolute atomic E-state index is 0.0990. The van der Waals surface area contributed by atoms with Crippen LogP contribution in [0, 0.1) is 11.2 Å². The van der Waals surface area contributed by atoms with E-state index in [0.29, 0.717) is 38.5 Å². The van der Waals surface area contributed by atoms with Gasteiger partial charge in [-0.2, -0.15) is 0 Å². The second kappa shape index (κ2) is 11.7. The van der Waals surface area contributed by atoms with E-state index in [2.05, 4.69) is 16.0 Å². The summed E-state index contributed by atoms with van der Waals surface area (Å²) in [6.45, 7) is 6.08. The van der Waals surface area contributed by atoms with E-state index in [4.69, 9.17) is 37.8 Å². The monoisotopic (exact) mass is 635 g/mol. The van der Waals surface area contributed by atoms with Crippen LogP contribution in [0.4, 0.5) is 15.8 Å². The maximum Gasteiger partial charge on any atom is 0.242 e. The molecule has 0 aliphatic carbocycles. The Kier molecular flexibility index (Phi) is 8.48. The number of hydrogen-bond donors (Lipinski definition) is 4. The van der Waals surface area contributed by atoms with Crippen molar-refractivity contribution in [3.63, 3.8) is 0 Å². The zero-order chi connectivity index (χ0) is 30.4. The highest BCUT2D eigenvalue weighted by Crippen LogP contribution is 2.59. The maximum absolute atomic E-state index is 15.9. The molecule has 0 bridgehead atoms. The summed E-state index contributed by atoms with van der Waals surface area (Å²) >= 11 is 13.9. The lowest BCUT2D eigenvalue weighted by molar-refractivity contribution is -0.122. The molecule has 224 valence electrons. The number of aliphatic hydroxyl groups excluding tert-OH is 1. The summed E-state index contributed by atoms with van der Waals surface area (Å²) in [5.74, 6) is -1.70. The Morgan fingerprint density at radius 1 is 1.21 bits per heavy atom. The van der Waals surface area contributed by atoms with Gasteiger partial charge in [-0.15, -0.1) is 11.3 Å². The fraction of sp³-hybridized carbons (Fsp3) is 0.400. The molecule has 3 heterocycles. The third kappa shape index (κ3) is 5.35. The molecule has 4 N–H and O–H groups in total. The maximum atomic E-state index is 15.9. The number of halogens is 3. The van der Waals surface area contributed by atoms with Gasteiger partial charge < -0.3 is 30.5 Å². The fourth-order valence-electron chi connectivity index (χ4n) is 6.10. The molecule has 2 aliphatic heterocycles. The van der Waals surface area contributed by atoms with Crippen molar-refractivity contribution in [1.29, 1.82) is 0 Å². The van der Waals surface area contributed by atoms with Crippen molar-refractivity contribution in [2.45, 2.75) is 50.6 Å². The van der Waals surface area contributed by atoms with Crippen LogP contribution < -0.4 is 25.4 Å². The number of hydrogen-bond acceptors (Lipinski definition) is 7. The van der Waals surface area contributed by atoms with Crippen LogP contribution in [0.25, 0.3) is 0 Å². The number of amides is 2. The Morgan fingerprint density at radius 2 is 1.98 bits per heavy atom. The number of ether oxygens (including phenoxy) is 2. The smallest absolute Gasteiger partial charge is 0.242 e. The average molecular weight is 637 g/mol. The molecule has 0 saturated carbocycles. The molecular formula is C30H32Cl2FN3O5S. The first-order valence-electron chi connectivity index (χ1n) is 13.4. The van der Waals surface area contributed by atoms with Gasteiger partial charge in [0.25, 0.3) is 0 Å². The number of anilines is 2. The van der Waals surface area contributed by atoms with Gasteiger partial charge in [0, 0.05) is 22.9 Å². The molecule has 1 saturated heterocycles. The SMILES string of the molecule is COc1cc(OCCO)ccc1NC(=O)[C@@H]1N[C@@H](CC(C)(C)C)[C@@]2(C(=O)Nc3cc(Cl)sc32)[C@H]1c1cccc(Cl)c1F. The summed E-state index contributed by atoms with van der Waals surface area (Å²) in [4.78, 5) is 29.0. The highest BCUT2D eigenvalue weighted by atomic mass is 35.5. The lowest BCUT2D eigenvalue weighted by Gasteiger charge is -2.37. The molecule has 3 aromatic rings. The lowest BCUT2D eigenvalue weighted by atomic mass is 9.65. The van der Waals surface area contributed by atoms with E-state index in [-0.39, 0.29) is 35.1 Å². The van der Waals surface area contributed by atoms with Crippen molar-refractivity contribution in [3.05, 3.63) is 68.1 Å². The molecule has 42 heavy (non-hydrogen) atoms. The van der Waals surface area contributed by atoms with Gasteiger partial charge in [0.05, 0.1) is 40.5 Å². The van der Waals surface area contributed by atoms with Crippen LogP contribution in [0.15, 0.2) is 42.5 Å². The van der Waals surface area contributed by atoms with Crippen molar-refractivity contribution in [3.8, 4) is 11.5 Å². The van der Waals surface area contributed by atoms with E-state index in [0.717, 1.165) is 0 Å². The Morgan fingerprint density at radius 3 is 2.67 bits per heavy atom. The Bertz CT molecular complexity index is 1530. The third-order valence-corrected chi connectivity index (χ3v) is 9.37. The molecule has 1 aromatic heterocycles. The van der Waals surface area contributed by atoms with Gasteiger partial charge in [0.1, 0.15) is 29.3 Å². The standard InChI is InChI=1S/C30H32Cl2FN3O5S/c1-29(2,3)14-21-30(26-19(35-28(30)39)13-22(32)42-26)23(16-6-5-7-17(31)24(16)33)25(36-21)27(38)34-18-9-8-15(41-11-10-37)12-20(18)40-4/h5-9,12-13,21,23,25,36-37H,10-11,14H2,1-4H3,(H,34,38)(H,35,39)/t21-,23-,25+,30+/m0/s1. The Labute approximate surface area is 257 Å². The van der Waals surface area contributed by atoms with Crippen LogP contribution in [0.5, 0.6) is 11.5 Å². The summed E-state index contributed by atoms with van der Waals surface area (Å²) in [5, 5.41) is 18.3. The van der Waals surface area contributed by atoms with Crippen LogP contribution in [0.3, 0.4) is 0 Å². The normalized spacial score (nSPS) is 23.1. The number of aliphatic hydroxyl groups is 1. The minimum Gasteiger partial charge on any atom is -0.494 e. The number of fused-ring (bicyclic) bond motifs is 2. The van der Waals surface area contributed by atoms with Gasteiger partial charge in [0.15, 0.2) is 0 Å². The first kappa shape index (κ1) is 30.6. The van der Waals surface area contributed by atoms with Gasteiger partial charge in [-0.3, -0.25) is 9.59 Å². The largest absolute Gasteiger partial charge is 0.494 e. The number of nitrogens with one attached hydrogen (secondary N) is 3. The molecule has 8 nitrogen and oxygen atoms in total. The van der Waals surface area contributed by atoms with Crippen molar-refractivity contribution >= 4 is 57.7 Å². The summed E-state index contributed by atoms with van der Waals surface area (Å²) in [5.41, 5.74) is -0.538. The summed E-state index contributed by atoms with van der Waals surface area (Å²) in [6, 6.07) is 9.56. The molecule has 0 unspecified atom stereocenters. The van der Waals surface area contributed by atoms with E-state index in [1.807, 2.05) is 20.8 Å². The zero-order valence-electron chi connectivity index (χ0n) is 23.5. The highest BCUT2D eigenvalue weighted by molar-refractivity contribution is 7.17. The number of carbonyl (C=O) groups excluding carboxylic acids is 2. The first-order valence-corrected chi connectivity index (χ1v) is 15.0. The molecule has 1 fully saturated rings. The summed E-state index contributed by atoms with van der Waals surface area (Å²) < 4.78 is 27.3. The van der Waals surface area contributed by atoms with E-state index in [9.17, 15) is 9.59 Å². The number of rotatable bonds is 8. The fourth-order valence-corrected chi connectivity index (χ4v) is 7.74. The summed E-state index contributed by atoms with van der Waals surface area (Å²) in [7, 11) is 1.46. The molecule has 0 radical (unpaired) electrons. The number of methoxy groups -OCH3 is 1. The number of thiophene rings is 1. The van der Waals surface area contributed by atoms with Crippen LogP contribution in [0.1, 0.15) is 43.6 Å². The van der Waals surface area contributed by atoms with Crippen molar-refractivity contribution in [1.82, 2.24) is 5.32 Å². The van der Waals surface area contributed by atoms with Crippen molar-refractivity contribution in [2.75, 3.05) is 31.0 Å². The van der Waals surface area contributed by atoms with Crippen molar-refractivity contribution in [2.24, 2.45) is 5.41 Å². The predicted octanol–water partition coefficient (Wildman–Crippen LogP) is 5.96. The molecule has 4 atom stereocenters. The number of carbonyl (C=O) groups is 2. The van der Waals surface area contributed by atoms with Crippen LogP contribution in [-0.4, -0.2) is 49.3 Å². The van der Waals surface area contributed by atoms with E-state index in [1.54, 1.807) is 36.4 Å². The van der Waals surface area contributed by atoms with Gasteiger partial charge in [-0.25, -0.2) is 4.39 Å². The molecule has 5 rings (SSSR count). The molecule has 1 spiro atoms. The lowest BCUT2D eigenvalue weighted by Crippen LogP contribution is -2.49. The van der Waals surface area contributed by atoms with Crippen LogP contribution in [-0.2, 0) is 15.0 Å². The van der Waals surface area contributed by atoms with Gasteiger partial charge in [0.2, 0.25) is 11.8 Å². The Hall–Kier alpha value is -2.89. The Balaban J connectivity index is 1.64. The zero-order valence-corrected chi connectivity index (χ0v) is 25.8. The van der Waals surface area contributed by atoms with Crippen molar-refractivity contribution < 1.29 is 28.6 Å². The van der Waals surface area contributed by atoms with Crippen LogP contribution in [0.2, 0.25) is 9.36 Å². The van der Waals surface area contributed by atoms with Gasteiger partial charge >= 0.3 is 0 Å². The van der Waals surface area contributed by atoms with Crippen LogP contribution >= 0.6 is 34.5 Å².